The molecule has 0 spiro atoms. The van der Waals surface area contributed by atoms with Crippen molar-refractivity contribution in [3.05, 3.63) is 118 Å². The Morgan fingerprint density at radius 1 is 0.618 bits per heavy atom. The molecule has 0 amide bonds. The monoisotopic (exact) mass is 458 g/mol. The molecule has 4 aromatic carbocycles. The number of halogens is 3. The lowest BCUT2D eigenvalue weighted by atomic mass is 10.0. The summed E-state index contributed by atoms with van der Waals surface area (Å²) in [6, 6.07) is 21.0. The molecule has 0 radical (unpaired) electrons. The second-order valence-electron chi connectivity index (χ2n) is 8.30. The van der Waals surface area contributed by atoms with E-state index in [0.29, 0.717) is 29.4 Å². The van der Waals surface area contributed by atoms with Crippen molar-refractivity contribution in [1.29, 1.82) is 0 Å². The minimum absolute atomic E-state index is 0.157. The highest BCUT2D eigenvalue weighted by Crippen LogP contribution is 2.20. The van der Waals surface area contributed by atoms with Crippen molar-refractivity contribution in [2.24, 2.45) is 0 Å². The van der Waals surface area contributed by atoms with Gasteiger partial charge in [0.25, 0.3) is 0 Å². The quantitative estimate of drug-likeness (QED) is 0.214. The van der Waals surface area contributed by atoms with Gasteiger partial charge in [-0.25, -0.2) is 13.2 Å². The second-order valence-corrected chi connectivity index (χ2v) is 8.30. The highest BCUT2D eigenvalue weighted by molar-refractivity contribution is 5.84. The van der Waals surface area contributed by atoms with Gasteiger partial charge in [0.2, 0.25) is 0 Å². The summed E-state index contributed by atoms with van der Waals surface area (Å²) >= 11 is 0. The molecule has 0 aromatic heterocycles. The van der Waals surface area contributed by atoms with Crippen LogP contribution in [-0.4, -0.2) is 13.7 Å². The topological polar surface area (TPSA) is 9.23 Å². The van der Waals surface area contributed by atoms with Crippen molar-refractivity contribution in [2.45, 2.75) is 25.7 Å². The van der Waals surface area contributed by atoms with E-state index in [1.54, 1.807) is 31.4 Å². The Hall–Kier alpha value is -3.55. The summed E-state index contributed by atoms with van der Waals surface area (Å²) in [4.78, 5) is 0. The van der Waals surface area contributed by atoms with Gasteiger partial charge in [0, 0.05) is 24.8 Å². The van der Waals surface area contributed by atoms with E-state index in [1.807, 2.05) is 36.4 Å². The van der Waals surface area contributed by atoms with Crippen LogP contribution in [0.5, 0.6) is 0 Å². The van der Waals surface area contributed by atoms with Gasteiger partial charge in [-0.3, -0.25) is 0 Å². The van der Waals surface area contributed by atoms with Crippen LogP contribution in [0.15, 0.2) is 72.8 Å². The summed E-state index contributed by atoms with van der Waals surface area (Å²) in [5, 5.41) is 1.24. The maximum Gasteiger partial charge on any atom is 0.159 e. The first-order valence-corrected chi connectivity index (χ1v) is 11.3. The lowest BCUT2D eigenvalue weighted by Gasteiger charge is -2.07. The average Bonchev–Trinajstić information content (AvgIpc) is 2.84. The maximum absolute atomic E-state index is 14.4. The molecule has 0 saturated heterocycles. The van der Waals surface area contributed by atoms with Crippen molar-refractivity contribution in [3.63, 3.8) is 0 Å². The Labute approximate surface area is 198 Å². The van der Waals surface area contributed by atoms with E-state index in [0.717, 1.165) is 41.5 Å². The first-order valence-electron chi connectivity index (χ1n) is 11.3. The lowest BCUT2D eigenvalue weighted by molar-refractivity contribution is 0.195. The Balaban J connectivity index is 1.37. The molecule has 172 valence electrons. The van der Waals surface area contributed by atoms with Gasteiger partial charge in [0.15, 0.2) is 11.6 Å². The summed E-state index contributed by atoms with van der Waals surface area (Å²) in [7, 11) is 1.67. The van der Waals surface area contributed by atoms with Crippen molar-refractivity contribution in [3.8, 4) is 11.8 Å². The van der Waals surface area contributed by atoms with Crippen LogP contribution in [0.2, 0.25) is 0 Å². The van der Waals surface area contributed by atoms with Crippen molar-refractivity contribution in [1.82, 2.24) is 0 Å². The van der Waals surface area contributed by atoms with Gasteiger partial charge in [0.05, 0.1) is 0 Å². The number of hydrogen-bond acceptors (Lipinski definition) is 1. The van der Waals surface area contributed by atoms with Gasteiger partial charge in [-0.1, -0.05) is 42.2 Å². The lowest BCUT2D eigenvalue weighted by Crippen LogP contribution is -1.98. The van der Waals surface area contributed by atoms with E-state index in [2.05, 4.69) is 11.8 Å². The van der Waals surface area contributed by atoms with Crippen molar-refractivity contribution < 1.29 is 17.9 Å². The average molecular weight is 459 g/mol. The van der Waals surface area contributed by atoms with Gasteiger partial charge in [-0.15, -0.1) is 0 Å². The predicted octanol–water partition coefficient (Wildman–Crippen LogP) is 7.02. The zero-order valence-electron chi connectivity index (χ0n) is 19.0. The zero-order valence-corrected chi connectivity index (χ0v) is 19.0. The molecule has 1 nitrogen and oxygen atoms in total. The molecule has 0 atom stereocenters. The second kappa shape index (κ2) is 11.0. The SMILES string of the molecule is COCCCc1ccc(CCc2ccc(C#Cc3ccc4cc(F)c(F)cc4c3)cc2)c(F)c1. The van der Waals surface area contributed by atoms with E-state index in [4.69, 9.17) is 4.74 Å². The summed E-state index contributed by atoms with van der Waals surface area (Å²) < 4.78 is 46.4. The number of hydrogen-bond donors (Lipinski definition) is 0. The van der Waals surface area contributed by atoms with Gasteiger partial charge < -0.3 is 4.74 Å². The van der Waals surface area contributed by atoms with Gasteiger partial charge in [-0.2, -0.15) is 0 Å². The van der Waals surface area contributed by atoms with E-state index in [9.17, 15) is 13.2 Å². The molecule has 4 heteroatoms. The van der Waals surface area contributed by atoms with Gasteiger partial charge in [0.1, 0.15) is 5.82 Å². The Morgan fingerprint density at radius 3 is 2.03 bits per heavy atom. The van der Waals surface area contributed by atoms with Crippen LogP contribution < -0.4 is 0 Å². The predicted molar refractivity (Wildman–Crippen MR) is 130 cm³/mol. The van der Waals surface area contributed by atoms with Crippen LogP contribution in [0.4, 0.5) is 13.2 Å². The smallest absolute Gasteiger partial charge is 0.159 e. The van der Waals surface area contributed by atoms with E-state index < -0.39 is 11.6 Å². The molecule has 0 saturated carbocycles. The molecule has 0 aliphatic carbocycles. The summed E-state index contributed by atoms with van der Waals surface area (Å²) in [6.07, 6.45) is 3.05. The molecular weight excluding hydrogens is 433 g/mol. The van der Waals surface area contributed by atoms with Crippen LogP contribution >= 0.6 is 0 Å². The summed E-state index contributed by atoms with van der Waals surface area (Å²) in [5.41, 5.74) is 4.39. The van der Waals surface area contributed by atoms with E-state index >= 15 is 0 Å². The van der Waals surface area contributed by atoms with E-state index in [-0.39, 0.29) is 5.82 Å². The molecule has 34 heavy (non-hydrogen) atoms. The van der Waals surface area contributed by atoms with Crippen LogP contribution in [0.25, 0.3) is 10.8 Å². The highest BCUT2D eigenvalue weighted by Gasteiger charge is 2.06. The number of aryl methyl sites for hydroxylation is 3. The molecule has 0 N–H and O–H groups in total. The standard InChI is InChI=1S/C30H25F3O/c1-34-16-2-3-23-11-14-25(28(31)18-23)13-10-22-6-4-21(5-7-22)8-9-24-12-15-26-19-29(32)30(33)20-27(26)17-24/h4-7,11-12,14-15,17-20H,2-3,10,13,16H2,1H3. The number of rotatable bonds is 7. The fourth-order valence-electron chi connectivity index (χ4n) is 3.87. The van der Waals surface area contributed by atoms with Crippen molar-refractivity contribution >= 4 is 10.8 Å². The molecule has 0 bridgehead atoms. The third kappa shape index (κ3) is 6.07. The molecule has 0 unspecified atom stereocenters. The molecular formula is C30H25F3O. The highest BCUT2D eigenvalue weighted by atomic mass is 19.2. The first kappa shape index (κ1) is 23.6. The Kier molecular flexibility index (Phi) is 7.67. The van der Waals surface area contributed by atoms with Crippen LogP contribution in [0.1, 0.15) is 34.2 Å². The van der Waals surface area contributed by atoms with Gasteiger partial charge in [-0.05, 0) is 95.6 Å². The normalized spacial score (nSPS) is 10.8. The van der Waals surface area contributed by atoms with Crippen molar-refractivity contribution in [2.75, 3.05) is 13.7 Å². The van der Waals surface area contributed by atoms with Crippen LogP contribution in [0, 0.1) is 29.3 Å². The first-order chi connectivity index (χ1) is 16.5. The number of methoxy groups -OCH3 is 1. The molecule has 0 aliphatic rings. The third-order valence-corrected chi connectivity index (χ3v) is 5.80. The molecule has 0 aliphatic heterocycles. The molecule has 4 rings (SSSR count). The molecule has 4 aromatic rings. The number of ether oxygens (including phenoxy) is 1. The number of benzene rings is 4. The van der Waals surface area contributed by atoms with Crippen LogP contribution in [-0.2, 0) is 24.0 Å². The zero-order chi connectivity index (χ0) is 23.9. The minimum atomic E-state index is -0.869. The number of fused-ring (bicyclic) bond motifs is 1. The summed E-state index contributed by atoms with van der Waals surface area (Å²) in [5.74, 6) is 4.29. The minimum Gasteiger partial charge on any atom is -0.385 e. The van der Waals surface area contributed by atoms with E-state index in [1.165, 1.54) is 12.1 Å². The Morgan fingerprint density at radius 2 is 1.29 bits per heavy atom. The molecule has 0 fully saturated rings. The van der Waals surface area contributed by atoms with Gasteiger partial charge >= 0.3 is 0 Å². The maximum atomic E-state index is 14.4. The largest absolute Gasteiger partial charge is 0.385 e. The fraction of sp³-hybridized carbons (Fsp3) is 0.200. The van der Waals surface area contributed by atoms with Crippen LogP contribution in [0.3, 0.4) is 0 Å². The Bertz CT molecular complexity index is 1350. The third-order valence-electron chi connectivity index (χ3n) is 5.80. The fourth-order valence-corrected chi connectivity index (χ4v) is 3.87. The summed E-state index contributed by atoms with van der Waals surface area (Å²) in [6.45, 7) is 0.674. The molecule has 0 heterocycles.